The van der Waals surface area contributed by atoms with Gasteiger partial charge in [0.25, 0.3) is 0 Å². The van der Waals surface area contributed by atoms with Crippen molar-refractivity contribution < 1.29 is 90.3 Å². The topological polar surface area (TPSA) is 128 Å². The Balaban J connectivity index is 0.000000201. The molecule has 0 spiro atoms. The van der Waals surface area contributed by atoms with E-state index in [9.17, 15) is 4.79 Å². The summed E-state index contributed by atoms with van der Waals surface area (Å²) >= 11 is 0. The van der Waals surface area contributed by atoms with Crippen LogP contribution in [0, 0.1) is 110 Å². The summed E-state index contributed by atoms with van der Waals surface area (Å²) in [7, 11) is 0. The van der Waals surface area contributed by atoms with Crippen LogP contribution in [-0.4, -0.2) is 46.0 Å². The van der Waals surface area contributed by atoms with Crippen molar-refractivity contribution in [3.05, 3.63) is 400 Å². The number of carbonyl (C=O) groups is 1. The number of pyridine rings is 7. The van der Waals surface area contributed by atoms with Crippen molar-refractivity contribution in [2.75, 3.05) is 0 Å². The monoisotopic (exact) mass is 2340 g/mol. The van der Waals surface area contributed by atoms with Gasteiger partial charge in [0.05, 0.1) is 22.1 Å². The van der Waals surface area contributed by atoms with Crippen LogP contribution in [0.25, 0.3) is 111 Å². The normalized spacial score (nSPS) is 10.5. The van der Waals surface area contributed by atoms with Gasteiger partial charge in [0.2, 0.25) is 0 Å². The minimum Gasteiger partial charge on any atom is -0.477 e. The van der Waals surface area contributed by atoms with Crippen molar-refractivity contribution in [1.82, 2.24) is 34.9 Å². The first-order chi connectivity index (χ1) is 57.9. The fourth-order valence-electron chi connectivity index (χ4n) is 14.6. The first-order valence-electron chi connectivity index (χ1n) is 41.4. The molecule has 0 saturated heterocycles. The molecule has 640 valence electrons. The predicted octanol–water partition coefficient (Wildman–Crippen LogP) is 27.9. The molecule has 0 bridgehead atoms. The van der Waals surface area contributed by atoms with E-state index in [4.69, 9.17) is 25.0 Å². The number of carboxylic acid groups (broad SMARTS) is 1. The number of aromatic nitrogens is 7. The van der Waals surface area contributed by atoms with E-state index in [1.165, 1.54) is 78.3 Å². The molecular formula is C111H107Ir4N7O2-6. The van der Waals surface area contributed by atoms with Gasteiger partial charge in [0, 0.05) is 121 Å². The number of aryl methyl sites for hydroxylation is 8. The maximum absolute atomic E-state index is 10.1. The smallest absolute Gasteiger partial charge is 0.354 e. The second kappa shape index (κ2) is 49.7. The molecule has 0 atom stereocenters. The number of carboxylic acids is 1. The minimum absolute atomic E-state index is 0. The molecule has 10 aromatic carbocycles. The molecule has 0 aliphatic carbocycles. The molecule has 7 heterocycles. The summed E-state index contributed by atoms with van der Waals surface area (Å²) in [6.07, 6.45) is 8.30. The molecule has 13 heteroatoms. The summed E-state index contributed by atoms with van der Waals surface area (Å²) in [5.74, 6) is 1.47. The summed E-state index contributed by atoms with van der Waals surface area (Å²) in [4.78, 5) is 41.6. The standard InChI is InChI=1S/3C21H22N.C20H20N.2C11H8N.C6H5NO2.4Ir/c3*1-14(2)10-17-6-5-7-21-19(17)8-9-20(22-21)18-12-15(3)11-16(4)13-18;1-13(2)17-6-5-7-20-18(17)8-9-19(21-20)16-11-14(3)10-15(4)12-16;2*1-2-6-10(7-3-1)11-8-4-5-9-12-11;8-6(9)5-3-1-2-4-7-5;;;;/h3*5-9,11-12,14H,10H2,1-4H3;5-11,13H,1-4H3;2*1-6,8-9H;1-4H,(H,8,9);;;;/q6*-1;;;;;. The van der Waals surface area contributed by atoms with Gasteiger partial charge >= 0.3 is 5.97 Å². The Morgan fingerprint density at radius 2 is 0.597 bits per heavy atom. The van der Waals surface area contributed by atoms with Crippen molar-refractivity contribution in [2.45, 2.75) is 136 Å². The number of hydrogen-bond acceptors (Lipinski definition) is 8. The van der Waals surface area contributed by atoms with Gasteiger partial charge in [-0.15, -0.1) is 211 Å². The van der Waals surface area contributed by atoms with Crippen LogP contribution >= 0.6 is 0 Å². The van der Waals surface area contributed by atoms with Gasteiger partial charge in [0.1, 0.15) is 5.69 Å². The number of fused-ring (bicyclic) bond motifs is 4. The zero-order chi connectivity index (χ0) is 85.2. The molecular weight excluding hydrogens is 2230 g/mol. The van der Waals surface area contributed by atoms with Crippen molar-refractivity contribution in [2.24, 2.45) is 17.8 Å². The summed E-state index contributed by atoms with van der Waals surface area (Å²) in [5.41, 5.74) is 31.8. The molecule has 1 N–H and O–H groups in total. The fourth-order valence-corrected chi connectivity index (χ4v) is 14.6. The summed E-state index contributed by atoms with van der Waals surface area (Å²) in [6, 6.07) is 112. The number of rotatable bonds is 14. The van der Waals surface area contributed by atoms with Crippen LogP contribution in [0.3, 0.4) is 0 Å². The Morgan fingerprint density at radius 1 is 0.298 bits per heavy atom. The third kappa shape index (κ3) is 29.8. The van der Waals surface area contributed by atoms with E-state index in [0.29, 0.717) is 23.7 Å². The average molecular weight is 2340 g/mol. The Labute approximate surface area is 789 Å². The van der Waals surface area contributed by atoms with Crippen molar-refractivity contribution in [3.63, 3.8) is 0 Å². The van der Waals surface area contributed by atoms with E-state index in [0.717, 1.165) is 131 Å². The van der Waals surface area contributed by atoms with E-state index in [1.54, 1.807) is 24.5 Å². The Bertz CT molecular complexity index is 5670. The Kier molecular flexibility index (Phi) is 40.3. The van der Waals surface area contributed by atoms with Gasteiger partial charge in [-0.3, -0.25) is 19.9 Å². The molecule has 0 unspecified atom stereocenters. The molecule has 124 heavy (non-hydrogen) atoms. The first-order valence-corrected chi connectivity index (χ1v) is 41.4. The molecule has 0 saturated carbocycles. The van der Waals surface area contributed by atoms with Crippen LogP contribution in [-0.2, 0) is 99.7 Å². The number of nitrogens with zero attached hydrogens (tertiary/aromatic N) is 7. The van der Waals surface area contributed by atoms with Crippen molar-refractivity contribution in [3.8, 4) is 67.5 Å². The second-order valence-electron chi connectivity index (χ2n) is 32.1. The van der Waals surface area contributed by atoms with Crippen molar-refractivity contribution in [1.29, 1.82) is 0 Å². The molecule has 17 aromatic rings. The van der Waals surface area contributed by atoms with Crippen LogP contribution in [0.5, 0.6) is 0 Å². The van der Waals surface area contributed by atoms with E-state index < -0.39 is 5.97 Å². The molecule has 9 nitrogen and oxygen atoms in total. The maximum atomic E-state index is 10.1. The zero-order valence-electron chi connectivity index (χ0n) is 73.5. The summed E-state index contributed by atoms with van der Waals surface area (Å²) in [6.45, 7) is 34.8. The molecule has 4 radical (unpaired) electrons. The number of aromatic carboxylic acids is 1. The second-order valence-corrected chi connectivity index (χ2v) is 32.1. The van der Waals surface area contributed by atoms with Gasteiger partial charge < -0.3 is 15.1 Å². The Morgan fingerprint density at radius 3 is 0.855 bits per heavy atom. The molecule has 0 aliphatic rings. The number of benzene rings is 10. The fraction of sp³-hybridized carbons (Fsp3) is 0.207. The van der Waals surface area contributed by atoms with Crippen LogP contribution in [0.4, 0.5) is 0 Å². The van der Waals surface area contributed by atoms with Crippen LogP contribution < -0.4 is 0 Å². The largest absolute Gasteiger partial charge is 0.477 e. The van der Waals surface area contributed by atoms with E-state index in [1.807, 2.05) is 84.9 Å². The minimum atomic E-state index is -0.990. The van der Waals surface area contributed by atoms with Gasteiger partial charge in [-0.1, -0.05) is 238 Å². The quantitative estimate of drug-likeness (QED) is 0.106. The SMILES string of the molecule is Cc1[c-]c(-c2ccc3c(C(C)C)cccc3n2)cc(C)c1.Cc1[c-]c(-c2ccc3c(CC(C)C)cccc3n2)cc(C)c1.Cc1[c-]c(-c2ccc3c(CC(C)C)cccc3n2)cc(C)c1.Cc1[c-]c(-c2ccc3c(CC(C)C)cccc3n2)cc(C)c1.O=C(O)c1ccccn1.[Ir].[Ir].[Ir].[Ir].[c-]1ccccc1-c1ccccn1.[c-]1ccccc1-c1ccccn1. The molecule has 0 amide bonds. The van der Waals surface area contributed by atoms with Gasteiger partial charge in [-0.25, -0.2) is 9.78 Å². The Hall–Kier alpha value is -10.6. The van der Waals surface area contributed by atoms with Crippen molar-refractivity contribution >= 4 is 49.6 Å². The maximum Gasteiger partial charge on any atom is 0.354 e. The average Bonchev–Trinajstić information content (AvgIpc) is 0.809. The van der Waals surface area contributed by atoms with E-state index >= 15 is 0 Å². The zero-order valence-corrected chi connectivity index (χ0v) is 83.0. The molecule has 0 aliphatic heterocycles. The van der Waals surface area contributed by atoms with E-state index in [2.05, 4.69) is 332 Å². The van der Waals surface area contributed by atoms with Gasteiger partial charge in [-0.2, -0.15) is 0 Å². The van der Waals surface area contributed by atoms with E-state index in [-0.39, 0.29) is 86.1 Å². The predicted molar refractivity (Wildman–Crippen MR) is 500 cm³/mol. The molecule has 0 fully saturated rings. The van der Waals surface area contributed by atoms with Crippen LogP contribution in [0.1, 0.15) is 139 Å². The van der Waals surface area contributed by atoms with Gasteiger partial charge in [0.15, 0.2) is 0 Å². The first kappa shape index (κ1) is 100. The summed E-state index contributed by atoms with van der Waals surface area (Å²) < 4.78 is 0. The molecule has 17 rings (SSSR count). The third-order valence-corrected chi connectivity index (χ3v) is 19.6. The third-order valence-electron chi connectivity index (χ3n) is 19.6. The number of hydrogen-bond donors (Lipinski definition) is 1. The van der Waals surface area contributed by atoms with Gasteiger partial charge in [-0.05, 0) is 148 Å². The summed E-state index contributed by atoms with van der Waals surface area (Å²) in [5, 5.41) is 13.4. The molecule has 7 aromatic heterocycles. The van der Waals surface area contributed by atoms with Crippen LogP contribution in [0.2, 0.25) is 0 Å². The van der Waals surface area contributed by atoms with Crippen LogP contribution in [0.15, 0.2) is 292 Å².